The van der Waals surface area contributed by atoms with E-state index in [2.05, 4.69) is 17.4 Å². The van der Waals surface area contributed by atoms with Gasteiger partial charge in [0, 0.05) is 23.2 Å². The summed E-state index contributed by atoms with van der Waals surface area (Å²) in [7, 11) is 0. The van der Waals surface area contributed by atoms with Crippen LogP contribution in [0.1, 0.15) is 37.3 Å². The Labute approximate surface area is 129 Å². The largest absolute Gasteiger partial charge is 0.410 e. The van der Waals surface area contributed by atoms with Crippen molar-refractivity contribution in [2.45, 2.75) is 26.2 Å². The van der Waals surface area contributed by atoms with Gasteiger partial charge in [-0.05, 0) is 29.7 Å². The van der Waals surface area contributed by atoms with E-state index in [0.29, 0.717) is 12.1 Å². The van der Waals surface area contributed by atoms with Gasteiger partial charge in [-0.3, -0.25) is 4.79 Å². The maximum absolute atomic E-state index is 11.9. The van der Waals surface area contributed by atoms with Crippen LogP contribution in [0.3, 0.4) is 0 Å². The standard InChI is InChI=1S/C18H18N2O2/c1-2-3-8-17(21)19-12-9-10-14-13-6-4-5-7-15(13)18(20-22)16(14)11-12/h4-7,9-11,22H,2-3,8H2,1H3,(H,19,21)/b20-18-. The number of nitrogens with zero attached hydrogens (tertiary/aromatic N) is 1. The van der Waals surface area contributed by atoms with Crippen molar-refractivity contribution in [3.8, 4) is 11.1 Å². The third-order valence-corrected chi connectivity index (χ3v) is 3.89. The number of hydrogen-bond acceptors (Lipinski definition) is 3. The molecule has 1 amide bonds. The predicted octanol–water partition coefficient (Wildman–Crippen LogP) is 4.02. The van der Waals surface area contributed by atoms with Crippen LogP contribution >= 0.6 is 0 Å². The van der Waals surface area contributed by atoms with Crippen LogP contribution in [0.5, 0.6) is 0 Å². The minimum absolute atomic E-state index is 0.0137. The van der Waals surface area contributed by atoms with E-state index in [4.69, 9.17) is 0 Å². The van der Waals surface area contributed by atoms with Gasteiger partial charge in [0.05, 0.1) is 0 Å². The van der Waals surface area contributed by atoms with Crippen molar-refractivity contribution in [3.63, 3.8) is 0 Å². The zero-order chi connectivity index (χ0) is 15.5. The Hall–Kier alpha value is -2.62. The highest BCUT2D eigenvalue weighted by Gasteiger charge is 2.25. The van der Waals surface area contributed by atoms with Crippen LogP contribution in [0, 0.1) is 0 Å². The van der Waals surface area contributed by atoms with Gasteiger partial charge < -0.3 is 10.5 Å². The van der Waals surface area contributed by atoms with Crippen molar-refractivity contribution in [2.24, 2.45) is 5.16 Å². The molecule has 0 atom stereocenters. The number of benzene rings is 2. The SMILES string of the molecule is CCCCC(=O)Nc1ccc2c(c1)/C(=N\O)c1ccccc1-2. The van der Waals surface area contributed by atoms with Gasteiger partial charge in [0.1, 0.15) is 5.71 Å². The quantitative estimate of drug-likeness (QED) is 0.564. The second-order valence-electron chi connectivity index (χ2n) is 5.41. The summed E-state index contributed by atoms with van der Waals surface area (Å²) in [5.41, 5.74) is 5.11. The highest BCUT2D eigenvalue weighted by Crippen LogP contribution is 2.38. The van der Waals surface area contributed by atoms with E-state index in [9.17, 15) is 10.0 Å². The Morgan fingerprint density at radius 1 is 1.09 bits per heavy atom. The summed E-state index contributed by atoms with van der Waals surface area (Å²) in [5.74, 6) is 0.0137. The molecule has 0 saturated carbocycles. The third kappa shape index (κ3) is 2.48. The fourth-order valence-corrected chi connectivity index (χ4v) is 2.79. The summed E-state index contributed by atoms with van der Waals surface area (Å²) in [6.07, 6.45) is 2.40. The number of rotatable bonds is 4. The lowest BCUT2D eigenvalue weighted by Gasteiger charge is -2.07. The lowest BCUT2D eigenvalue weighted by atomic mass is 10.1. The van der Waals surface area contributed by atoms with Crippen molar-refractivity contribution >= 4 is 17.3 Å². The molecule has 0 aromatic heterocycles. The summed E-state index contributed by atoms with van der Waals surface area (Å²) in [4.78, 5) is 11.9. The monoisotopic (exact) mass is 294 g/mol. The summed E-state index contributed by atoms with van der Waals surface area (Å²) >= 11 is 0. The molecular weight excluding hydrogens is 276 g/mol. The average molecular weight is 294 g/mol. The summed E-state index contributed by atoms with van der Waals surface area (Å²) in [6.45, 7) is 2.06. The molecule has 2 N–H and O–H groups in total. The fourth-order valence-electron chi connectivity index (χ4n) is 2.79. The molecule has 0 bridgehead atoms. The van der Waals surface area contributed by atoms with E-state index in [1.165, 1.54) is 0 Å². The summed E-state index contributed by atoms with van der Waals surface area (Å²) < 4.78 is 0. The number of amides is 1. The van der Waals surface area contributed by atoms with Gasteiger partial charge in [0.2, 0.25) is 5.91 Å². The molecule has 1 aliphatic carbocycles. The Morgan fingerprint density at radius 2 is 1.82 bits per heavy atom. The Bertz CT molecular complexity index is 751. The van der Waals surface area contributed by atoms with E-state index in [1.807, 2.05) is 42.5 Å². The van der Waals surface area contributed by atoms with Gasteiger partial charge in [0.15, 0.2) is 0 Å². The molecule has 2 aromatic carbocycles. The Morgan fingerprint density at radius 3 is 2.55 bits per heavy atom. The average Bonchev–Trinajstić information content (AvgIpc) is 2.86. The number of hydrogen-bond donors (Lipinski definition) is 2. The number of anilines is 1. The van der Waals surface area contributed by atoms with Gasteiger partial charge in [-0.2, -0.15) is 0 Å². The predicted molar refractivity (Wildman–Crippen MR) is 87.5 cm³/mol. The van der Waals surface area contributed by atoms with Gasteiger partial charge in [0.25, 0.3) is 0 Å². The maximum atomic E-state index is 11.9. The molecule has 3 rings (SSSR count). The van der Waals surface area contributed by atoms with Crippen LogP contribution in [0.2, 0.25) is 0 Å². The first kappa shape index (κ1) is 14.3. The van der Waals surface area contributed by atoms with E-state index in [-0.39, 0.29) is 5.91 Å². The Balaban J connectivity index is 1.92. The number of nitrogens with one attached hydrogen (secondary N) is 1. The van der Waals surface area contributed by atoms with Gasteiger partial charge in [-0.25, -0.2) is 0 Å². The van der Waals surface area contributed by atoms with Gasteiger partial charge in [-0.15, -0.1) is 0 Å². The molecule has 0 unspecified atom stereocenters. The molecule has 4 nitrogen and oxygen atoms in total. The Kier molecular flexibility index (Phi) is 3.92. The minimum atomic E-state index is 0.0137. The van der Waals surface area contributed by atoms with Crippen LogP contribution in [-0.2, 0) is 4.79 Å². The molecule has 0 heterocycles. The van der Waals surface area contributed by atoms with Crippen molar-refractivity contribution in [2.75, 3.05) is 5.32 Å². The molecule has 112 valence electrons. The zero-order valence-electron chi connectivity index (χ0n) is 12.5. The van der Waals surface area contributed by atoms with Gasteiger partial charge >= 0.3 is 0 Å². The number of oxime groups is 1. The molecule has 0 saturated heterocycles. The molecule has 0 aliphatic heterocycles. The number of carbonyl (C=O) groups is 1. The first-order chi connectivity index (χ1) is 10.7. The fraction of sp³-hybridized carbons (Fsp3) is 0.222. The van der Waals surface area contributed by atoms with Crippen molar-refractivity contribution in [1.29, 1.82) is 0 Å². The molecule has 2 aromatic rings. The van der Waals surface area contributed by atoms with Gasteiger partial charge in [-0.1, -0.05) is 48.8 Å². The smallest absolute Gasteiger partial charge is 0.224 e. The molecule has 1 aliphatic rings. The van der Waals surface area contributed by atoms with Crippen LogP contribution in [0.15, 0.2) is 47.6 Å². The normalized spacial score (nSPS) is 13.8. The number of fused-ring (bicyclic) bond motifs is 3. The van der Waals surface area contributed by atoms with E-state index >= 15 is 0 Å². The zero-order valence-corrected chi connectivity index (χ0v) is 12.5. The molecule has 22 heavy (non-hydrogen) atoms. The molecule has 0 spiro atoms. The van der Waals surface area contributed by atoms with Crippen molar-refractivity contribution in [3.05, 3.63) is 53.6 Å². The maximum Gasteiger partial charge on any atom is 0.224 e. The van der Waals surface area contributed by atoms with Crippen LogP contribution in [0.4, 0.5) is 5.69 Å². The lowest BCUT2D eigenvalue weighted by molar-refractivity contribution is -0.116. The first-order valence-corrected chi connectivity index (χ1v) is 7.50. The molecule has 0 radical (unpaired) electrons. The minimum Gasteiger partial charge on any atom is -0.410 e. The van der Waals surface area contributed by atoms with Crippen LogP contribution in [0.25, 0.3) is 11.1 Å². The second-order valence-corrected chi connectivity index (χ2v) is 5.41. The summed E-state index contributed by atoms with van der Waals surface area (Å²) in [5, 5.41) is 15.7. The van der Waals surface area contributed by atoms with Crippen molar-refractivity contribution in [1.82, 2.24) is 0 Å². The van der Waals surface area contributed by atoms with E-state index in [0.717, 1.165) is 40.8 Å². The van der Waals surface area contributed by atoms with Crippen LogP contribution < -0.4 is 5.32 Å². The number of carbonyl (C=O) groups excluding carboxylic acids is 1. The van der Waals surface area contributed by atoms with E-state index in [1.54, 1.807) is 0 Å². The van der Waals surface area contributed by atoms with Crippen molar-refractivity contribution < 1.29 is 10.0 Å². The highest BCUT2D eigenvalue weighted by atomic mass is 16.4. The molecular formula is C18H18N2O2. The topological polar surface area (TPSA) is 61.7 Å². The van der Waals surface area contributed by atoms with E-state index < -0.39 is 0 Å². The third-order valence-electron chi connectivity index (χ3n) is 3.89. The molecule has 0 fully saturated rings. The first-order valence-electron chi connectivity index (χ1n) is 7.50. The number of unbranched alkanes of at least 4 members (excludes halogenated alkanes) is 1. The molecule has 4 heteroatoms. The van der Waals surface area contributed by atoms with Crippen LogP contribution in [-0.4, -0.2) is 16.8 Å². The highest BCUT2D eigenvalue weighted by molar-refractivity contribution is 6.24. The summed E-state index contributed by atoms with van der Waals surface area (Å²) in [6, 6.07) is 13.5. The second kappa shape index (κ2) is 6.02. The lowest BCUT2D eigenvalue weighted by Crippen LogP contribution is -2.11.